The summed E-state index contributed by atoms with van der Waals surface area (Å²) in [5, 5.41) is 17.4. The molecule has 0 bridgehead atoms. The molecular formula is C13H14ClN3OS. The summed E-state index contributed by atoms with van der Waals surface area (Å²) in [6.07, 6.45) is 1.56. The van der Waals surface area contributed by atoms with Crippen molar-refractivity contribution in [1.29, 1.82) is 0 Å². The molecule has 2 aromatic rings. The molecule has 2 N–H and O–H groups in total. The number of phenols is 1. The average Bonchev–Trinajstić information content (AvgIpc) is 2.77. The highest BCUT2D eigenvalue weighted by atomic mass is 35.5. The molecule has 6 heteroatoms. The maximum absolute atomic E-state index is 10.0. The van der Waals surface area contributed by atoms with Crippen LogP contribution in [0.4, 0.5) is 5.13 Å². The van der Waals surface area contributed by atoms with E-state index >= 15 is 0 Å². The number of benzene rings is 1. The number of aromatic hydroxyl groups is 1. The van der Waals surface area contributed by atoms with E-state index in [9.17, 15) is 5.11 Å². The van der Waals surface area contributed by atoms with Gasteiger partial charge in [0.1, 0.15) is 5.75 Å². The van der Waals surface area contributed by atoms with E-state index in [1.54, 1.807) is 19.2 Å². The molecule has 0 aliphatic heterocycles. The Labute approximate surface area is 120 Å². The first kappa shape index (κ1) is 13.8. The number of nitrogens with zero attached hydrogens (tertiary/aromatic N) is 2. The van der Waals surface area contributed by atoms with Crippen LogP contribution in [0.15, 0.2) is 16.5 Å². The lowest BCUT2D eigenvalue weighted by atomic mass is 10.0. The quantitative estimate of drug-likeness (QED) is 0.667. The maximum Gasteiger partial charge on any atom is 0.203 e. The lowest BCUT2D eigenvalue weighted by Crippen LogP contribution is -1.95. The molecule has 0 unspecified atom stereocenters. The van der Waals surface area contributed by atoms with E-state index in [-0.39, 0.29) is 5.75 Å². The van der Waals surface area contributed by atoms with Gasteiger partial charge in [0.15, 0.2) is 0 Å². The van der Waals surface area contributed by atoms with Crippen molar-refractivity contribution >= 4 is 34.3 Å². The van der Waals surface area contributed by atoms with Crippen LogP contribution < -0.4 is 5.43 Å². The Morgan fingerprint density at radius 2 is 2.16 bits per heavy atom. The Morgan fingerprint density at radius 1 is 1.42 bits per heavy atom. The molecule has 0 aliphatic rings. The third-order valence-electron chi connectivity index (χ3n) is 2.71. The minimum atomic E-state index is 0.197. The van der Waals surface area contributed by atoms with Crippen molar-refractivity contribution in [1.82, 2.24) is 4.98 Å². The van der Waals surface area contributed by atoms with Gasteiger partial charge < -0.3 is 5.11 Å². The molecule has 4 nitrogen and oxygen atoms in total. The number of aromatic nitrogens is 1. The van der Waals surface area contributed by atoms with Gasteiger partial charge in [0, 0.05) is 16.0 Å². The van der Waals surface area contributed by atoms with Crippen LogP contribution in [0.2, 0.25) is 5.02 Å². The summed E-state index contributed by atoms with van der Waals surface area (Å²) in [5.74, 6) is 0.197. The lowest BCUT2D eigenvalue weighted by molar-refractivity contribution is 0.470. The van der Waals surface area contributed by atoms with Crippen molar-refractivity contribution in [2.75, 3.05) is 5.43 Å². The number of phenolic OH excluding ortho intramolecular Hbond substituents is 1. The number of anilines is 1. The summed E-state index contributed by atoms with van der Waals surface area (Å²) in [7, 11) is 0. The minimum Gasteiger partial charge on any atom is -0.507 e. The summed E-state index contributed by atoms with van der Waals surface area (Å²) >= 11 is 7.56. The first-order valence-electron chi connectivity index (χ1n) is 5.69. The van der Waals surface area contributed by atoms with Gasteiger partial charge in [0.25, 0.3) is 0 Å². The second-order valence-electron chi connectivity index (χ2n) is 4.23. The summed E-state index contributed by atoms with van der Waals surface area (Å²) in [6.45, 7) is 5.56. The molecular weight excluding hydrogens is 282 g/mol. The van der Waals surface area contributed by atoms with Crippen molar-refractivity contribution in [3.63, 3.8) is 0 Å². The fraction of sp³-hybridized carbons (Fsp3) is 0.231. The monoisotopic (exact) mass is 295 g/mol. The summed E-state index contributed by atoms with van der Waals surface area (Å²) < 4.78 is 0. The van der Waals surface area contributed by atoms with Gasteiger partial charge in [-0.05, 0) is 38.0 Å². The van der Waals surface area contributed by atoms with E-state index in [4.69, 9.17) is 11.6 Å². The highest BCUT2D eigenvalue weighted by Crippen LogP contribution is 2.29. The van der Waals surface area contributed by atoms with E-state index in [1.807, 2.05) is 19.2 Å². The molecule has 0 spiro atoms. The normalized spacial score (nSPS) is 11.2. The standard InChI is InChI=1S/C13H14ClN3OS/c1-7-4-11(14)9(3)10(12(7)18)5-15-17-13-16-8(2)6-19-13/h4-6,18H,1-3H3,(H,16,17). The van der Waals surface area contributed by atoms with Gasteiger partial charge in [-0.1, -0.05) is 11.6 Å². The predicted octanol–water partition coefficient (Wildman–Crippen LogP) is 3.87. The number of hydrazone groups is 1. The van der Waals surface area contributed by atoms with Gasteiger partial charge in [0.2, 0.25) is 5.13 Å². The Kier molecular flexibility index (Phi) is 4.07. The van der Waals surface area contributed by atoms with Crippen molar-refractivity contribution in [2.24, 2.45) is 5.10 Å². The molecule has 0 aliphatic carbocycles. The third kappa shape index (κ3) is 3.05. The van der Waals surface area contributed by atoms with E-state index < -0.39 is 0 Å². The van der Waals surface area contributed by atoms with E-state index in [0.29, 0.717) is 15.7 Å². The van der Waals surface area contributed by atoms with Gasteiger partial charge in [-0.25, -0.2) is 4.98 Å². The first-order valence-corrected chi connectivity index (χ1v) is 6.94. The van der Waals surface area contributed by atoms with Crippen LogP contribution >= 0.6 is 22.9 Å². The Morgan fingerprint density at radius 3 is 2.79 bits per heavy atom. The number of nitrogens with one attached hydrogen (secondary N) is 1. The molecule has 0 atom stereocenters. The van der Waals surface area contributed by atoms with Crippen LogP contribution in [0.3, 0.4) is 0 Å². The zero-order valence-electron chi connectivity index (χ0n) is 10.9. The zero-order valence-corrected chi connectivity index (χ0v) is 12.4. The van der Waals surface area contributed by atoms with Crippen molar-refractivity contribution in [3.8, 4) is 5.75 Å². The molecule has 19 heavy (non-hydrogen) atoms. The SMILES string of the molecule is Cc1csc(NN=Cc2c(C)c(Cl)cc(C)c2O)n1. The topological polar surface area (TPSA) is 57.5 Å². The fourth-order valence-corrected chi connectivity index (χ4v) is 2.50. The van der Waals surface area contributed by atoms with Gasteiger partial charge in [-0.3, -0.25) is 5.43 Å². The summed E-state index contributed by atoms with van der Waals surface area (Å²) in [4.78, 5) is 4.23. The van der Waals surface area contributed by atoms with E-state index in [2.05, 4.69) is 15.5 Å². The molecule has 1 aromatic carbocycles. The van der Waals surface area contributed by atoms with Crippen molar-refractivity contribution in [2.45, 2.75) is 20.8 Å². The molecule has 2 rings (SSSR count). The zero-order chi connectivity index (χ0) is 14.0. The number of hydrogen-bond acceptors (Lipinski definition) is 5. The molecule has 0 saturated carbocycles. The molecule has 1 heterocycles. The average molecular weight is 296 g/mol. The molecule has 0 fully saturated rings. The van der Waals surface area contributed by atoms with Gasteiger partial charge in [-0.15, -0.1) is 11.3 Å². The Hall–Kier alpha value is -1.59. The van der Waals surface area contributed by atoms with Crippen LogP contribution in [-0.2, 0) is 0 Å². The van der Waals surface area contributed by atoms with Gasteiger partial charge in [-0.2, -0.15) is 5.10 Å². The fourth-order valence-electron chi connectivity index (χ4n) is 1.60. The molecule has 0 saturated heterocycles. The Balaban J connectivity index is 2.23. The predicted molar refractivity (Wildman–Crippen MR) is 80.7 cm³/mol. The first-order chi connectivity index (χ1) is 8.99. The van der Waals surface area contributed by atoms with Crippen LogP contribution in [0.1, 0.15) is 22.4 Å². The molecule has 0 radical (unpaired) electrons. The minimum absolute atomic E-state index is 0.197. The number of aryl methyl sites for hydroxylation is 2. The van der Waals surface area contributed by atoms with Crippen LogP contribution in [0, 0.1) is 20.8 Å². The van der Waals surface area contributed by atoms with Crippen LogP contribution in [0.25, 0.3) is 0 Å². The smallest absolute Gasteiger partial charge is 0.203 e. The van der Waals surface area contributed by atoms with Gasteiger partial charge >= 0.3 is 0 Å². The number of thiazole rings is 1. The van der Waals surface area contributed by atoms with Gasteiger partial charge in [0.05, 0.1) is 11.9 Å². The summed E-state index contributed by atoms with van der Waals surface area (Å²) in [5.41, 5.74) is 5.91. The maximum atomic E-state index is 10.0. The van der Waals surface area contributed by atoms with E-state index in [1.165, 1.54) is 11.3 Å². The molecule has 0 amide bonds. The second-order valence-corrected chi connectivity index (χ2v) is 5.49. The lowest BCUT2D eigenvalue weighted by Gasteiger charge is -2.08. The summed E-state index contributed by atoms with van der Waals surface area (Å²) in [6, 6.07) is 1.74. The Bertz CT molecular complexity index is 611. The number of rotatable bonds is 3. The largest absolute Gasteiger partial charge is 0.507 e. The molecule has 1 aromatic heterocycles. The highest BCUT2D eigenvalue weighted by Gasteiger charge is 2.09. The van der Waals surface area contributed by atoms with Crippen LogP contribution in [-0.4, -0.2) is 16.3 Å². The van der Waals surface area contributed by atoms with Crippen molar-refractivity contribution in [3.05, 3.63) is 38.9 Å². The van der Waals surface area contributed by atoms with E-state index in [0.717, 1.165) is 16.8 Å². The third-order valence-corrected chi connectivity index (χ3v) is 3.96. The van der Waals surface area contributed by atoms with Crippen LogP contribution in [0.5, 0.6) is 5.75 Å². The second kappa shape index (κ2) is 5.59. The van der Waals surface area contributed by atoms with Crippen molar-refractivity contribution < 1.29 is 5.11 Å². The molecule has 100 valence electrons. The number of hydrogen-bond donors (Lipinski definition) is 2. The highest BCUT2D eigenvalue weighted by molar-refractivity contribution is 7.13. The number of halogens is 1.